The Balaban J connectivity index is 0.000000193. The van der Waals surface area contributed by atoms with Crippen LogP contribution in [0.4, 0.5) is 4.79 Å². The number of aryl methyl sites for hydroxylation is 2. The van der Waals surface area contributed by atoms with Gasteiger partial charge in [0.25, 0.3) is 0 Å². The number of likely N-dealkylation sites (tertiary alicyclic amines) is 1. The maximum Gasteiger partial charge on any atom is 0.415 e. The van der Waals surface area contributed by atoms with Crippen LogP contribution in [-0.4, -0.2) is 84.5 Å². The van der Waals surface area contributed by atoms with E-state index in [1.807, 2.05) is 117 Å². The van der Waals surface area contributed by atoms with Crippen LogP contribution in [0.2, 0.25) is 0 Å². The number of carboxylic acids is 1. The number of oxazole rings is 2. The number of carbonyl (C=O) groups excluding carboxylic acids is 2. The van der Waals surface area contributed by atoms with Crippen molar-refractivity contribution >= 4 is 18.0 Å². The molecule has 2 N–H and O–H groups in total. The number of ether oxygens (including phenoxy) is 4. The fraction of sp³-hybridized carbons (Fsp3) is 0.304. The normalized spacial score (nSPS) is 17.3. The molecule has 0 spiro atoms. The largest absolute Gasteiger partial charge is 0.493 e. The minimum absolute atomic E-state index is 0.0277. The Hall–Kier alpha value is -7.71. The monoisotopic (exact) mass is 946 g/mol. The van der Waals surface area contributed by atoms with Crippen molar-refractivity contribution in [1.29, 1.82) is 0 Å². The molecule has 2 aliphatic rings. The molecule has 0 aliphatic carbocycles. The molecule has 4 heterocycles. The summed E-state index contributed by atoms with van der Waals surface area (Å²) in [7, 11) is 1.44. The quantitative estimate of drug-likeness (QED) is 0.0826. The average molecular weight is 947 g/mol. The lowest BCUT2D eigenvalue weighted by atomic mass is 9.87. The van der Waals surface area contributed by atoms with Gasteiger partial charge in [-0.15, -0.1) is 0 Å². The number of benzene rings is 5. The summed E-state index contributed by atoms with van der Waals surface area (Å²) in [4.78, 5) is 46.8. The molecule has 0 bridgehead atoms. The van der Waals surface area contributed by atoms with E-state index in [9.17, 15) is 19.5 Å². The van der Waals surface area contributed by atoms with Crippen molar-refractivity contribution in [3.63, 3.8) is 0 Å². The molecule has 14 nitrogen and oxygen atoms in total. The SMILES string of the molecule is COC(=O)C[C@H]1CNC[C@H]1c1ccc(OCCc2nc(-c3ccccc3)oc2C)cc1.Cc1oc(-c2ccccc2)nc1CCOc1ccc([C@@H]2CN(C(=O)Oc3ccccc3)C[C@@H]2CC(=O)O)cc1. The van der Waals surface area contributed by atoms with Crippen molar-refractivity contribution in [1.82, 2.24) is 20.2 Å². The number of hydrogen-bond acceptors (Lipinski definition) is 12. The molecular weight excluding hydrogens is 889 g/mol. The van der Waals surface area contributed by atoms with Gasteiger partial charge < -0.3 is 43.1 Å². The Kier molecular flexibility index (Phi) is 16.4. The van der Waals surface area contributed by atoms with Gasteiger partial charge in [-0.3, -0.25) is 9.59 Å². The molecule has 2 saturated heterocycles. The lowest BCUT2D eigenvalue weighted by Crippen LogP contribution is -2.31. The van der Waals surface area contributed by atoms with Gasteiger partial charge in [-0.05, 0) is 104 Å². The van der Waals surface area contributed by atoms with Crippen LogP contribution in [0.5, 0.6) is 17.2 Å². The number of esters is 1. The molecule has 0 saturated carbocycles. The minimum Gasteiger partial charge on any atom is -0.493 e. The summed E-state index contributed by atoms with van der Waals surface area (Å²) in [6.07, 6.45) is 1.22. The highest BCUT2D eigenvalue weighted by molar-refractivity contribution is 5.72. The number of hydrogen-bond donors (Lipinski definition) is 2. The Morgan fingerprint density at radius 2 is 1.11 bits per heavy atom. The summed E-state index contributed by atoms with van der Waals surface area (Å²) >= 11 is 0. The number of methoxy groups -OCH3 is 1. The molecule has 9 rings (SSSR count). The molecular formula is C56H58N4O10. The van der Waals surface area contributed by atoms with Crippen molar-refractivity contribution < 1.29 is 47.3 Å². The zero-order valence-electron chi connectivity index (χ0n) is 39.6. The standard InChI is InChI=1S/C31H30N2O6.C25H28N2O4/c1-21-28(32-30(38-21)23-8-4-2-5-9-23)16-17-37-25-14-12-22(13-15-25)27-20-33(19-24(27)18-29(34)35)31(36)39-26-10-6-3-7-11-26;1-17-23(27-25(31-17)19-6-4-3-5-7-19)12-13-30-21-10-8-18(9-11-21)22-16-26-15-20(22)14-24(28)29-2/h2-15,24,27H,16-20H2,1H3,(H,34,35);3-11,20,22,26H,12-16H2,1-2H3/t24-,27-;20-,22-/m00/s1. The second kappa shape index (κ2) is 23.5. The fourth-order valence-corrected chi connectivity index (χ4v) is 9.00. The summed E-state index contributed by atoms with van der Waals surface area (Å²) in [5.74, 6) is 4.01. The highest BCUT2D eigenvalue weighted by Gasteiger charge is 2.38. The molecule has 0 radical (unpaired) electrons. The van der Waals surface area contributed by atoms with Crippen LogP contribution in [0.25, 0.3) is 22.9 Å². The van der Waals surface area contributed by atoms with Crippen LogP contribution in [0, 0.1) is 25.7 Å². The van der Waals surface area contributed by atoms with Crippen molar-refractivity contribution in [3.05, 3.63) is 174 Å². The summed E-state index contributed by atoms with van der Waals surface area (Å²) in [6, 6.07) is 44.3. The lowest BCUT2D eigenvalue weighted by molar-refractivity contribution is -0.141. The lowest BCUT2D eigenvalue weighted by Gasteiger charge is -2.18. The molecule has 2 aliphatic heterocycles. The third-order valence-corrected chi connectivity index (χ3v) is 12.7. The van der Waals surface area contributed by atoms with Crippen LogP contribution in [0.1, 0.15) is 58.7 Å². The maximum absolute atomic E-state index is 12.7. The first-order chi connectivity index (χ1) is 34.1. The number of carboxylic acid groups (broad SMARTS) is 1. The number of rotatable bonds is 17. The van der Waals surface area contributed by atoms with Crippen LogP contribution in [0.15, 0.2) is 148 Å². The smallest absolute Gasteiger partial charge is 0.415 e. The van der Waals surface area contributed by atoms with Crippen molar-refractivity contribution in [2.24, 2.45) is 11.8 Å². The number of aliphatic carboxylic acids is 1. The van der Waals surface area contributed by atoms with E-state index in [4.69, 9.17) is 27.8 Å². The summed E-state index contributed by atoms with van der Waals surface area (Å²) in [6.45, 7) is 7.21. The van der Waals surface area contributed by atoms with Gasteiger partial charge in [0.1, 0.15) is 28.8 Å². The molecule has 70 heavy (non-hydrogen) atoms. The van der Waals surface area contributed by atoms with E-state index in [0.717, 1.165) is 58.4 Å². The second-order valence-corrected chi connectivity index (χ2v) is 17.5. The van der Waals surface area contributed by atoms with Crippen molar-refractivity contribution in [2.45, 2.75) is 51.4 Å². The van der Waals surface area contributed by atoms with E-state index >= 15 is 0 Å². The van der Waals surface area contributed by atoms with E-state index in [2.05, 4.69) is 27.4 Å². The van der Waals surface area contributed by atoms with E-state index < -0.39 is 12.1 Å². The number of para-hydroxylation sites is 1. The van der Waals surface area contributed by atoms with Gasteiger partial charge in [0, 0.05) is 55.4 Å². The molecule has 14 heteroatoms. The molecule has 2 fully saturated rings. The topological polar surface area (TPSA) is 176 Å². The van der Waals surface area contributed by atoms with Gasteiger partial charge >= 0.3 is 18.0 Å². The Labute approximate surface area is 407 Å². The van der Waals surface area contributed by atoms with Gasteiger partial charge in [-0.1, -0.05) is 78.9 Å². The van der Waals surface area contributed by atoms with Gasteiger partial charge in [0.05, 0.1) is 44.6 Å². The van der Waals surface area contributed by atoms with E-state index in [0.29, 0.717) is 74.8 Å². The highest BCUT2D eigenvalue weighted by Crippen LogP contribution is 2.37. The maximum atomic E-state index is 12.7. The third-order valence-electron chi connectivity index (χ3n) is 12.7. The number of amides is 1. The number of nitrogens with zero attached hydrogens (tertiary/aromatic N) is 3. The zero-order chi connectivity index (χ0) is 48.8. The number of carbonyl (C=O) groups is 3. The molecule has 7 aromatic rings. The molecule has 362 valence electrons. The Bertz CT molecular complexity index is 2780. The van der Waals surface area contributed by atoms with Crippen molar-refractivity contribution in [3.8, 4) is 40.2 Å². The summed E-state index contributed by atoms with van der Waals surface area (Å²) < 4.78 is 33.8. The molecule has 4 atom stereocenters. The third kappa shape index (κ3) is 12.9. The summed E-state index contributed by atoms with van der Waals surface area (Å²) in [5.41, 5.74) is 5.85. The fourth-order valence-electron chi connectivity index (χ4n) is 9.00. The van der Waals surface area contributed by atoms with Crippen LogP contribution in [-0.2, 0) is 27.2 Å². The number of aromatic nitrogens is 2. The van der Waals surface area contributed by atoms with Gasteiger partial charge in [0.15, 0.2) is 0 Å². The van der Waals surface area contributed by atoms with Crippen molar-refractivity contribution in [2.75, 3.05) is 46.5 Å². The first kappa shape index (κ1) is 48.7. The number of nitrogens with one attached hydrogen (secondary N) is 1. The van der Waals surface area contributed by atoms with Gasteiger partial charge in [0.2, 0.25) is 11.8 Å². The predicted molar refractivity (Wildman–Crippen MR) is 263 cm³/mol. The minimum atomic E-state index is -0.887. The molecule has 2 aromatic heterocycles. The highest BCUT2D eigenvalue weighted by atomic mass is 16.6. The molecule has 0 unspecified atom stereocenters. The van der Waals surface area contributed by atoms with E-state index in [1.54, 1.807) is 29.2 Å². The molecule has 5 aromatic carbocycles. The molecule has 1 amide bonds. The predicted octanol–water partition coefficient (Wildman–Crippen LogP) is 10.1. The average Bonchev–Trinajstić information content (AvgIpc) is 4.20. The summed E-state index contributed by atoms with van der Waals surface area (Å²) in [5, 5.41) is 12.8. The van der Waals surface area contributed by atoms with Crippen LogP contribution >= 0.6 is 0 Å². The Morgan fingerprint density at radius 3 is 1.61 bits per heavy atom. The Morgan fingerprint density at radius 1 is 0.614 bits per heavy atom. The van der Waals surface area contributed by atoms with Gasteiger partial charge in [-0.2, -0.15) is 0 Å². The first-order valence-electron chi connectivity index (χ1n) is 23.6. The zero-order valence-corrected chi connectivity index (χ0v) is 39.6. The van der Waals surface area contributed by atoms with Gasteiger partial charge in [-0.25, -0.2) is 14.8 Å². The van der Waals surface area contributed by atoms with E-state index in [-0.39, 0.29) is 30.1 Å². The first-order valence-corrected chi connectivity index (χ1v) is 23.6. The van der Waals surface area contributed by atoms with Crippen LogP contribution in [0.3, 0.4) is 0 Å². The van der Waals surface area contributed by atoms with Crippen LogP contribution < -0.4 is 19.5 Å². The second-order valence-electron chi connectivity index (χ2n) is 17.5. The van der Waals surface area contributed by atoms with E-state index in [1.165, 1.54) is 12.7 Å².